The SMILES string of the molecule is CCC(C)C1NC(=O)CCN(c2ccc(Br)c(Cl)c2)C1=O. The molecule has 114 valence electrons. The Labute approximate surface area is 138 Å². The van der Waals surface area contributed by atoms with Gasteiger partial charge in [-0.3, -0.25) is 9.59 Å². The number of anilines is 1. The number of benzene rings is 1. The quantitative estimate of drug-likeness (QED) is 0.883. The van der Waals surface area contributed by atoms with E-state index in [4.69, 9.17) is 11.6 Å². The van der Waals surface area contributed by atoms with Gasteiger partial charge in [0.15, 0.2) is 0 Å². The summed E-state index contributed by atoms with van der Waals surface area (Å²) < 4.78 is 0.780. The zero-order valence-electron chi connectivity index (χ0n) is 12.0. The van der Waals surface area contributed by atoms with Crippen molar-refractivity contribution in [1.82, 2.24) is 5.32 Å². The third kappa shape index (κ3) is 3.58. The van der Waals surface area contributed by atoms with Gasteiger partial charge in [-0.25, -0.2) is 0 Å². The minimum atomic E-state index is -0.479. The van der Waals surface area contributed by atoms with Crippen molar-refractivity contribution in [2.45, 2.75) is 32.7 Å². The maximum absolute atomic E-state index is 12.7. The molecule has 0 bridgehead atoms. The van der Waals surface area contributed by atoms with Crippen molar-refractivity contribution in [1.29, 1.82) is 0 Å². The first-order valence-electron chi connectivity index (χ1n) is 6.99. The second kappa shape index (κ2) is 6.79. The first-order valence-corrected chi connectivity index (χ1v) is 8.17. The number of hydrogen-bond donors (Lipinski definition) is 1. The molecule has 1 heterocycles. The molecule has 2 rings (SSSR count). The summed E-state index contributed by atoms with van der Waals surface area (Å²) in [5.74, 6) is -0.0686. The van der Waals surface area contributed by atoms with E-state index in [-0.39, 0.29) is 17.7 Å². The summed E-state index contributed by atoms with van der Waals surface area (Å²) in [6.45, 7) is 4.35. The number of rotatable bonds is 3. The number of nitrogens with zero attached hydrogens (tertiary/aromatic N) is 1. The van der Waals surface area contributed by atoms with Crippen molar-refractivity contribution in [3.8, 4) is 0 Å². The molecule has 1 aromatic rings. The van der Waals surface area contributed by atoms with Crippen LogP contribution in [0.1, 0.15) is 26.7 Å². The first-order chi connectivity index (χ1) is 9.93. The van der Waals surface area contributed by atoms with Gasteiger partial charge >= 0.3 is 0 Å². The van der Waals surface area contributed by atoms with Gasteiger partial charge in [-0.05, 0) is 40.0 Å². The standard InChI is InChI=1S/C15H18BrClN2O2/c1-3-9(2)14-15(21)19(7-6-13(20)18-14)10-4-5-11(16)12(17)8-10/h4-5,8-9,14H,3,6-7H2,1-2H3,(H,18,20). The topological polar surface area (TPSA) is 49.4 Å². The Kier molecular flexibility index (Phi) is 5.27. The minimum Gasteiger partial charge on any atom is -0.344 e. The van der Waals surface area contributed by atoms with Gasteiger partial charge in [-0.2, -0.15) is 0 Å². The molecule has 0 radical (unpaired) electrons. The highest BCUT2D eigenvalue weighted by Crippen LogP contribution is 2.29. The van der Waals surface area contributed by atoms with Crippen molar-refractivity contribution in [2.24, 2.45) is 5.92 Å². The molecule has 0 saturated carbocycles. The summed E-state index contributed by atoms with van der Waals surface area (Å²) in [5, 5.41) is 3.38. The van der Waals surface area contributed by atoms with Crippen molar-refractivity contribution in [3.63, 3.8) is 0 Å². The van der Waals surface area contributed by atoms with Crippen LogP contribution < -0.4 is 10.2 Å². The predicted molar refractivity (Wildman–Crippen MR) is 87.5 cm³/mol. The van der Waals surface area contributed by atoms with E-state index in [0.717, 1.165) is 16.6 Å². The average Bonchev–Trinajstić information content (AvgIpc) is 2.61. The van der Waals surface area contributed by atoms with Crippen LogP contribution in [0.15, 0.2) is 22.7 Å². The Morgan fingerprint density at radius 2 is 2.19 bits per heavy atom. The molecule has 1 aliphatic rings. The van der Waals surface area contributed by atoms with E-state index in [1.807, 2.05) is 26.0 Å². The summed E-state index contributed by atoms with van der Waals surface area (Å²) >= 11 is 9.45. The van der Waals surface area contributed by atoms with Gasteiger partial charge < -0.3 is 10.2 Å². The van der Waals surface area contributed by atoms with Crippen molar-refractivity contribution in [2.75, 3.05) is 11.4 Å². The van der Waals surface area contributed by atoms with Crippen LogP contribution in [0.3, 0.4) is 0 Å². The lowest BCUT2D eigenvalue weighted by atomic mass is 9.98. The largest absolute Gasteiger partial charge is 0.344 e. The highest BCUT2D eigenvalue weighted by molar-refractivity contribution is 9.10. The minimum absolute atomic E-state index is 0.0754. The molecule has 1 aliphatic heterocycles. The van der Waals surface area contributed by atoms with Crippen molar-refractivity contribution < 1.29 is 9.59 Å². The third-order valence-electron chi connectivity index (χ3n) is 3.84. The van der Waals surface area contributed by atoms with Gasteiger partial charge in [-0.1, -0.05) is 31.9 Å². The Balaban J connectivity index is 2.34. The van der Waals surface area contributed by atoms with Crippen LogP contribution in [0.5, 0.6) is 0 Å². The fourth-order valence-electron chi connectivity index (χ4n) is 2.33. The smallest absolute Gasteiger partial charge is 0.249 e. The Morgan fingerprint density at radius 3 is 2.81 bits per heavy atom. The zero-order valence-corrected chi connectivity index (χ0v) is 14.4. The zero-order chi connectivity index (χ0) is 15.6. The lowest BCUT2D eigenvalue weighted by Crippen LogP contribution is -2.48. The van der Waals surface area contributed by atoms with E-state index < -0.39 is 6.04 Å². The third-order valence-corrected chi connectivity index (χ3v) is 5.07. The van der Waals surface area contributed by atoms with E-state index in [9.17, 15) is 9.59 Å². The molecular weight excluding hydrogens is 356 g/mol. The molecule has 4 nitrogen and oxygen atoms in total. The predicted octanol–water partition coefficient (Wildman–Crippen LogP) is 3.37. The van der Waals surface area contributed by atoms with Gasteiger partial charge in [-0.15, -0.1) is 0 Å². The second-order valence-electron chi connectivity index (χ2n) is 5.27. The van der Waals surface area contributed by atoms with Crippen molar-refractivity contribution in [3.05, 3.63) is 27.7 Å². The Hall–Kier alpha value is -1.07. The maximum Gasteiger partial charge on any atom is 0.249 e. The Morgan fingerprint density at radius 1 is 1.48 bits per heavy atom. The van der Waals surface area contributed by atoms with Gasteiger partial charge in [0.25, 0.3) is 0 Å². The molecular formula is C15H18BrClN2O2. The lowest BCUT2D eigenvalue weighted by Gasteiger charge is -2.27. The summed E-state index contributed by atoms with van der Waals surface area (Å²) in [7, 11) is 0. The monoisotopic (exact) mass is 372 g/mol. The number of hydrogen-bond acceptors (Lipinski definition) is 2. The molecule has 6 heteroatoms. The highest BCUT2D eigenvalue weighted by Gasteiger charge is 2.33. The molecule has 2 unspecified atom stereocenters. The summed E-state index contributed by atoms with van der Waals surface area (Å²) in [5.41, 5.74) is 0.720. The maximum atomic E-state index is 12.7. The van der Waals surface area contributed by atoms with Crippen LogP contribution in [0, 0.1) is 5.92 Å². The van der Waals surface area contributed by atoms with Crippen LogP contribution in [-0.2, 0) is 9.59 Å². The van der Waals surface area contributed by atoms with E-state index in [1.54, 1.807) is 11.0 Å². The van der Waals surface area contributed by atoms with Crippen LogP contribution in [0.2, 0.25) is 5.02 Å². The molecule has 1 N–H and O–H groups in total. The van der Waals surface area contributed by atoms with Crippen molar-refractivity contribution >= 4 is 45.0 Å². The van der Waals surface area contributed by atoms with Crippen LogP contribution in [0.25, 0.3) is 0 Å². The summed E-state index contributed by atoms with van der Waals surface area (Å²) in [6, 6.07) is 4.90. The van der Waals surface area contributed by atoms with E-state index in [1.165, 1.54) is 0 Å². The molecule has 1 fully saturated rings. The van der Waals surface area contributed by atoms with Gasteiger partial charge in [0.1, 0.15) is 6.04 Å². The molecule has 0 aromatic heterocycles. The van der Waals surface area contributed by atoms with E-state index in [2.05, 4.69) is 21.2 Å². The molecule has 0 spiro atoms. The number of nitrogens with one attached hydrogen (secondary N) is 1. The molecule has 21 heavy (non-hydrogen) atoms. The normalized spacial score (nSPS) is 21.0. The molecule has 2 amide bonds. The van der Waals surface area contributed by atoms with Crippen LogP contribution >= 0.6 is 27.5 Å². The van der Waals surface area contributed by atoms with Crippen LogP contribution in [0.4, 0.5) is 5.69 Å². The first kappa shape index (κ1) is 16.3. The van der Waals surface area contributed by atoms with Gasteiger partial charge in [0, 0.05) is 23.1 Å². The highest BCUT2D eigenvalue weighted by atomic mass is 79.9. The summed E-state index contributed by atoms with van der Waals surface area (Å²) in [4.78, 5) is 26.2. The van der Waals surface area contributed by atoms with E-state index in [0.29, 0.717) is 18.0 Å². The fourth-order valence-corrected chi connectivity index (χ4v) is 2.75. The van der Waals surface area contributed by atoms with E-state index >= 15 is 0 Å². The lowest BCUT2D eigenvalue weighted by molar-refractivity contribution is -0.126. The fraction of sp³-hybridized carbons (Fsp3) is 0.467. The molecule has 1 saturated heterocycles. The second-order valence-corrected chi connectivity index (χ2v) is 6.53. The number of carbonyl (C=O) groups excluding carboxylic acids is 2. The molecule has 1 aromatic carbocycles. The van der Waals surface area contributed by atoms with Gasteiger partial charge in [0.05, 0.1) is 5.02 Å². The number of halogens is 2. The Bertz CT molecular complexity index is 565. The number of amides is 2. The van der Waals surface area contributed by atoms with Crippen LogP contribution in [-0.4, -0.2) is 24.4 Å². The summed E-state index contributed by atoms with van der Waals surface area (Å²) in [6.07, 6.45) is 1.12. The average molecular weight is 374 g/mol. The molecule has 2 atom stereocenters. The number of carbonyl (C=O) groups is 2. The van der Waals surface area contributed by atoms with Gasteiger partial charge in [0.2, 0.25) is 11.8 Å². The molecule has 0 aliphatic carbocycles.